The Balaban J connectivity index is 1.90. The van der Waals surface area contributed by atoms with Gasteiger partial charge in [-0.25, -0.2) is 0 Å². The zero-order valence-corrected chi connectivity index (χ0v) is 11.2. The highest BCUT2D eigenvalue weighted by Gasteiger charge is 2.17. The van der Waals surface area contributed by atoms with Crippen molar-refractivity contribution in [2.75, 3.05) is 13.2 Å². The Morgan fingerprint density at radius 3 is 2.72 bits per heavy atom. The molecule has 3 nitrogen and oxygen atoms in total. The Labute approximate surface area is 109 Å². The van der Waals surface area contributed by atoms with Crippen LogP contribution in [0.1, 0.15) is 42.1 Å². The van der Waals surface area contributed by atoms with Gasteiger partial charge < -0.3 is 14.6 Å². The fourth-order valence-corrected chi connectivity index (χ4v) is 2.27. The van der Waals surface area contributed by atoms with Crippen molar-refractivity contribution in [3.05, 3.63) is 34.9 Å². The maximum atomic E-state index is 10.2. The number of aliphatic hydroxyl groups excluding tert-OH is 1. The molecule has 0 amide bonds. The lowest BCUT2D eigenvalue weighted by Crippen LogP contribution is -2.25. The summed E-state index contributed by atoms with van der Waals surface area (Å²) in [7, 11) is 0. The molecule has 1 aromatic rings. The summed E-state index contributed by atoms with van der Waals surface area (Å²) in [6.45, 7) is 5.61. The van der Waals surface area contributed by atoms with Gasteiger partial charge in [-0.05, 0) is 37.8 Å². The topological polar surface area (TPSA) is 38.7 Å². The van der Waals surface area contributed by atoms with E-state index >= 15 is 0 Å². The van der Waals surface area contributed by atoms with E-state index in [4.69, 9.17) is 9.47 Å². The maximum absolute atomic E-state index is 10.2. The van der Waals surface area contributed by atoms with Crippen LogP contribution >= 0.6 is 0 Å². The molecule has 2 rings (SSSR count). The molecule has 100 valence electrons. The van der Waals surface area contributed by atoms with E-state index in [9.17, 15) is 5.11 Å². The molecule has 0 bridgehead atoms. The summed E-state index contributed by atoms with van der Waals surface area (Å²) >= 11 is 0. The first-order valence-corrected chi connectivity index (χ1v) is 6.65. The van der Waals surface area contributed by atoms with Gasteiger partial charge in [-0.15, -0.1) is 0 Å². The number of benzene rings is 1. The van der Waals surface area contributed by atoms with Crippen molar-refractivity contribution in [3.8, 4) is 0 Å². The molecule has 1 heterocycles. The van der Waals surface area contributed by atoms with Crippen LogP contribution < -0.4 is 0 Å². The van der Waals surface area contributed by atoms with Crippen molar-refractivity contribution in [1.82, 2.24) is 0 Å². The molecule has 1 aromatic carbocycles. The van der Waals surface area contributed by atoms with Gasteiger partial charge in [-0.3, -0.25) is 0 Å². The van der Waals surface area contributed by atoms with Crippen molar-refractivity contribution in [3.63, 3.8) is 0 Å². The van der Waals surface area contributed by atoms with Crippen LogP contribution in [-0.4, -0.2) is 24.6 Å². The molecule has 0 aliphatic carbocycles. The Kier molecular flexibility index (Phi) is 4.75. The van der Waals surface area contributed by atoms with Crippen LogP contribution in [-0.2, 0) is 9.47 Å². The van der Waals surface area contributed by atoms with Crippen LogP contribution in [0.3, 0.4) is 0 Å². The molecule has 0 aromatic heterocycles. The number of aryl methyl sites for hydroxylation is 2. The molecule has 1 aliphatic rings. The Morgan fingerprint density at radius 2 is 2.00 bits per heavy atom. The molecule has 0 unspecified atom stereocenters. The van der Waals surface area contributed by atoms with Gasteiger partial charge in [0.05, 0.1) is 19.3 Å². The lowest BCUT2D eigenvalue weighted by molar-refractivity contribution is -0.183. The van der Waals surface area contributed by atoms with E-state index < -0.39 is 6.10 Å². The van der Waals surface area contributed by atoms with Crippen molar-refractivity contribution in [2.45, 2.75) is 45.5 Å². The molecule has 1 aliphatic heterocycles. The number of ether oxygens (including phenoxy) is 2. The zero-order chi connectivity index (χ0) is 13.0. The summed E-state index contributed by atoms with van der Waals surface area (Å²) in [5.74, 6) is 0. The fraction of sp³-hybridized carbons (Fsp3) is 0.600. The van der Waals surface area contributed by atoms with Crippen LogP contribution in [0.4, 0.5) is 0 Å². The number of hydrogen-bond donors (Lipinski definition) is 1. The SMILES string of the molecule is Cc1ccc(C)c([C@H](O)CCC2OCCCO2)c1. The Bertz CT molecular complexity index is 383. The first-order valence-electron chi connectivity index (χ1n) is 6.65. The van der Waals surface area contributed by atoms with Gasteiger partial charge in [0, 0.05) is 6.42 Å². The van der Waals surface area contributed by atoms with Crippen molar-refractivity contribution < 1.29 is 14.6 Å². The van der Waals surface area contributed by atoms with E-state index in [2.05, 4.69) is 18.2 Å². The summed E-state index contributed by atoms with van der Waals surface area (Å²) in [6, 6.07) is 6.18. The van der Waals surface area contributed by atoms with Crippen molar-refractivity contribution in [2.24, 2.45) is 0 Å². The van der Waals surface area contributed by atoms with E-state index in [-0.39, 0.29) is 6.29 Å². The van der Waals surface area contributed by atoms with Gasteiger partial charge in [0.15, 0.2) is 6.29 Å². The molecule has 0 saturated carbocycles. The predicted molar refractivity (Wildman–Crippen MR) is 70.4 cm³/mol. The average molecular weight is 250 g/mol. The lowest BCUT2D eigenvalue weighted by Gasteiger charge is -2.24. The van der Waals surface area contributed by atoms with Gasteiger partial charge >= 0.3 is 0 Å². The first-order chi connectivity index (χ1) is 8.66. The van der Waals surface area contributed by atoms with Crippen LogP contribution in [0.2, 0.25) is 0 Å². The van der Waals surface area contributed by atoms with Gasteiger partial charge in [-0.1, -0.05) is 23.8 Å². The van der Waals surface area contributed by atoms with E-state index in [1.165, 1.54) is 5.56 Å². The second-order valence-corrected chi connectivity index (χ2v) is 4.98. The monoisotopic (exact) mass is 250 g/mol. The molecule has 1 N–H and O–H groups in total. The molecule has 0 radical (unpaired) electrons. The van der Waals surface area contributed by atoms with Gasteiger partial charge in [0.25, 0.3) is 0 Å². The minimum atomic E-state index is -0.431. The summed E-state index contributed by atoms with van der Waals surface area (Å²) in [5.41, 5.74) is 3.34. The summed E-state index contributed by atoms with van der Waals surface area (Å²) < 4.78 is 11.0. The predicted octanol–water partition coefficient (Wildman–Crippen LogP) is 2.88. The lowest BCUT2D eigenvalue weighted by atomic mass is 9.98. The minimum Gasteiger partial charge on any atom is -0.388 e. The molecule has 0 spiro atoms. The van der Waals surface area contributed by atoms with E-state index in [0.717, 1.165) is 37.2 Å². The smallest absolute Gasteiger partial charge is 0.157 e. The van der Waals surface area contributed by atoms with Crippen LogP contribution in [0.5, 0.6) is 0 Å². The number of aliphatic hydroxyl groups is 1. The van der Waals surface area contributed by atoms with E-state index in [1.54, 1.807) is 0 Å². The standard InChI is InChI=1S/C15H22O3/c1-11-4-5-12(2)13(10-11)14(16)6-7-15-17-8-3-9-18-15/h4-5,10,14-16H,3,6-9H2,1-2H3/t14-/m1/s1. The molecule has 3 heteroatoms. The molecule has 18 heavy (non-hydrogen) atoms. The molecule has 1 fully saturated rings. The summed E-state index contributed by atoms with van der Waals surface area (Å²) in [4.78, 5) is 0. The maximum Gasteiger partial charge on any atom is 0.157 e. The fourth-order valence-electron chi connectivity index (χ4n) is 2.27. The molecular formula is C15H22O3. The minimum absolute atomic E-state index is 0.140. The highest BCUT2D eigenvalue weighted by atomic mass is 16.7. The number of hydrogen-bond acceptors (Lipinski definition) is 3. The van der Waals surface area contributed by atoms with Crippen LogP contribution in [0.25, 0.3) is 0 Å². The third-order valence-electron chi connectivity index (χ3n) is 3.37. The summed E-state index contributed by atoms with van der Waals surface area (Å²) in [6.07, 6.45) is 1.82. The first kappa shape index (κ1) is 13.5. The number of rotatable bonds is 4. The second kappa shape index (κ2) is 6.32. The molecule has 1 atom stereocenters. The highest BCUT2D eigenvalue weighted by Crippen LogP contribution is 2.25. The second-order valence-electron chi connectivity index (χ2n) is 4.98. The van der Waals surface area contributed by atoms with Crippen LogP contribution in [0, 0.1) is 13.8 Å². The Morgan fingerprint density at radius 1 is 1.28 bits per heavy atom. The largest absolute Gasteiger partial charge is 0.388 e. The zero-order valence-electron chi connectivity index (χ0n) is 11.2. The van der Waals surface area contributed by atoms with Crippen LogP contribution in [0.15, 0.2) is 18.2 Å². The van der Waals surface area contributed by atoms with Gasteiger partial charge in [0.1, 0.15) is 0 Å². The van der Waals surface area contributed by atoms with E-state index in [0.29, 0.717) is 6.42 Å². The third kappa shape index (κ3) is 3.55. The normalized spacial score (nSPS) is 18.8. The van der Waals surface area contributed by atoms with Gasteiger partial charge in [0.2, 0.25) is 0 Å². The van der Waals surface area contributed by atoms with Crippen molar-refractivity contribution in [1.29, 1.82) is 0 Å². The Hall–Kier alpha value is -0.900. The quantitative estimate of drug-likeness (QED) is 0.893. The third-order valence-corrected chi connectivity index (χ3v) is 3.37. The van der Waals surface area contributed by atoms with Gasteiger partial charge in [-0.2, -0.15) is 0 Å². The van der Waals surface area contributed by atoms with E-state index in [1.807, 2.05) is 13.8 Å². The van der Waals surface area contributed by atoms with Crippen molar-refractivity contribution >= 4 is 0 Å². The molecule has 1 saturated heterocycles. The average Bonchev–Trinajstić information content (AvgIpc) is 2.40. The molecular weight excluding hydrogens is 228 g/mol. The highest BCUT2D eigenvalue weighted by molar-refractivity contribution is 5.32. The summed E-state index contributed by atoms with van der Waals surface area (Å²) in [5, 5.41) is 10.2.